The van der Waals surface area contributed by atoms with Gasteiger partial charge in [-0.2, -0.15) is 0 Å². The first-order valence-corrected chi connectivity index (χ1v) is 19.0. The number of fused-ring (bicyclic) bond motifs is 7. The predicted molar refractivity (Wildman–Crippen MR) is 220 cm³/mol. The second-order valence-electron chi connectivity index (χ2n) is 13.0. The molecule has 0 N–H and O–H groups in total. The number of thiazole rings is 1. The van der Waals surface area contributed by atoms with Crippen LogP contribution < -0.4 is 0 Å². The summed E-state index contributed by atoms with van der Waals surface area (Å²) in [5.41, 5.74) is 8.55. The van der Waals surface area contributed by atoms with E-state index in [2.05, 4.69) is 109 Å². The number of hydrogen-bond donors (Lipinski definition) is 0. The predicted octanol–water partition coefficient (Wildman–Crippen LogP) is 13.1. The van der Waals surface area contributed by atoms with Gasteiger partial charge in [0, 0.05) is 58.8 Å². The Bertz CT molecular complexity index is 3160. The molecule has 0 aliphatic rings. The summed E-state index contributed by atoms with van der Waals surface area (Å²) < 4.78 is 10.4. The molecule has 0 saturated carbocycles. The molecular formula is C46H26N4OS2. The summed E-state index contributed by atoms with van der Waals surface area (Å²) in [4.78, 5) is 20.3. The lowest BCUT2D eigenvalue weighted by molar-refractivity contribution is 0.670. The van der Waals surface area contributed by atoms with E-state index in [0.717, 1.165) is 65.8 Å². The molecular weight excluding hydrogens is 689 g/mol. The van der Waals surface area contributed by atoms with Crippen LogP contribution in [0.2, 0.25) is 0 Å². The third-order valence-electron chi connectivity index (χ3n) is 9.78. The Kier molecular flexibility index (Phi) is 6.83. The first kappa shape index (κ1) is 30.1. The molecule has 4 aromatic heterocycles. The third kappa shape index (κ3) is 5.04. The number of rotatable bonds is 5. The minimum Gasteiger partial charge on any atom is -0.455 e. The van der Waals surface area contributed by atoms with Crippen LogP contribution >= 0.6 is 22.7 Å². The summed E-state index contributed by atoms with van der Waals surface area (Å²) in [6, 6.07) is 54.5. The average Bonchev–Trinajstić information content (AvgIpc) is 3.94. The van der Waals surface area contributed by atoms with Crippen molar-refractivity contribution in [3.63, 3.8) is 0 Å². The van der Waals surface area contributed by atoms with Crippen molar-refractivity contribution in [3.8, 4) is 55.9 Å². The van der Waals surface area contributed by atoms with Gasteiger partial charge in [-0.3, -0.25) is 0 Å². The van der Waals surface area contributed by atoms with Gasteiger partial charge >= 0.3 is 0 Å². The summed E-state index contributed by atoms with van der Waals surface area (Å²) in [7, 11) is 0. The first-order chi connectivity index (χ1) is 26.2. The molecule has 7 aromatic carbocycles. The second-order valence-corrected chi connectivity index (χ2v) is 15.1. The number of benzene rings is 7. The van der Waals surface area contributed by atoms with E-state index in [1.54, 1.807) is 22.7 Å². The van der Waals surface area contributed by atoms with E-state index in [1.165, 1.54) is 24.9 Å². The molecule has 4 heterocycles. The molecule has 0 saturated heterocycles. The monoisotopic (exact) mass is 714 g/mol. The van der Waals surface area contributed by atoms with Crippen molar-refractivity contribution in [2.24, 2.45) is 0 Å². The zero-order chi connectivity index (χ0) is 34.9. The van der Waals surface area contributed by atoms with Gasteiger partial charge in [-0.25, -0.2) is 19.9 Å². The van der Waals surface area contributed by atoms with Crippen LogP contribution in [0.1, 0.15) is 0 Å². The van der Waals surface area contributed by atoms with E-state index in [1.807, 2.05) is 48.5 Å². The van der Waals surface area contributed by atoms with Gasteiger partial charge in [0.1, 0.15) is 16.2 Å². The second kappa shape index (κ2) is 12.0. The quantitative estimate of drug-likeness (QED) is 0.178. The number of aromatic nitrogens is 4. The van der Waals surface area contributed by atoms with Crippen molar-refractivity contribution in [2.45, 2.75) is 0 Å². The Labute approximate surface area is 311 Å². The van der Waals surface area contributed by atoms with Gasteiger partial charge in [-0.05, 0) is 54.1 Å². The number of para-hydroxylation sites is 2. The van der Waals surface area contributed by atoms with E-state index >= 15 is 0 Å². The SMILES string of the molecule is c1ccc(-c2nc(-c3ccc4sc5ccccc5c4c3)nc(-c3cccc4oc5c(-c6cccc(-c7nc8ccccc8s7)c6)cccc5c34)n2)cc1. The number of thiophene rings is 1. The summed E-state index contributed by atoms with van der Waals surface area (Å²) in [5.74, 6) is 1.85. The highest BCUT2D eigenvalue weighted by atomic mass is 32.1. The van der Waals surface area contributed by atoms with Crippen molar-refractivity contribution in [2.75, 3.05) is 0 Å². The van der Waals surface area contributed by atoms with Crippen LogP contribution in [0.5, 0.6) is 0 Å². The van der Waals surface area contributed by atoms with Crippen molar-refractivity contribution in [1.29, 1.82) is 0 Å². The standard InChI is InChI=1S/C46H26N4OS2/c1-2-11-27(12-3-1)43-48-44(29-23-24-39-35(26-29)32-15-4-6-21-38(32)52-39)50-45(49-43)34-18-10-20-37-41(34)33-17-9-16-31(42(33)51-37)28-13-8-14-30(25-28)46-47-36-19-5-7-22-40(36)53-46/h1-26H. The first-order valence-electron chi connectivity index (χ1n) is 17.4. The maximum Gasteiger partial charge on any atom is 0.164 e. The molecule has 11 rings (SSSR count). The summed E-state index contributed by atoms with van der Waals surface area (Å²) in [6.07, 6.45) is 0. The lowest BCUT2D eigenvalue weighted by atomic mass is 9.99. The Morgan fingerprint density at radius 1 is 0.396 bits per heavy atom. The number of nitrogens with zero attached hydrogens (tertiary/aromatic N) is 4. The van der Waals surface area contributed by atoms with Gasteiger partial charge in [-0.1, -0.05) is 109 Å². The lowest BCUT2D eigenvalue weighted by Crippen LogP contribution is -2.00. The van der Waals surface area contributed by atoms with E-state index in [0.29, 0.717) is 17.5 Å². The zero-order valence-corrected chi connectivity index (χ0v) is 29.7. The molecule has 0 amide bonds. The fourth-order valence-corrected chi connectivity index (χ4v) is 9.33. The topological polar surface area (TPSA) is 64.7 Å². The van der Waals surface area contributed by atoms with Crippen LogP contribution in [0.4, 0.5) is 0 Å². The molecule has 7 heteroatoms. The van der Waals surface area contributed by atoms with Crippen LogP contribution in [0.25, 0.3) is 108 Å². The highest BCUT2D eigenvalue weighted by molar-refractivity contribution is 7.25. The molecule has 0 fully saturated rings. The Morgan fingerprint density at radius 3 is 1.98 bits per heavy atom. The van der Waals surface area contributed by atoms with Gasteiger partial charge in [0.2, 0.25) is 0 Å². The third-order valence-corrected chi connectivity index (χ3v) is 12.0. The summed E-state index contributed by atoms with van der Waals surface area (Å²) in [5, 5.41) is 5.42. The highest BCUT2D eigenvalue weighted by Crippen LogP contribution is 2.42. The molecule has 0 spiro atoms. The zero-order valence-electron chi connectivity index (χ0n) is 28.0. The van der Waals surface area contributed by atoms with Crippen LogP contribution in [0.3, 0.4) is 0 Å². The smallest absolute Gasteiger partial charge is 0.164 e. The molecule has 0 aliphatic carbocycles. The molecule has 0 aliphatic heterocycles. The molecule has 0 radical (unpaired) electrons. The Morgan fingerprint density at radius 2 is 1.08 bits per heavy atom. The van der Waals surface area contributed by atoms with Crippen LogP contribution in [-0.2, 0) is 0 Å². The van der Waals surface area contributed by atoms with Gasteiger partial charge in [0.25, 0.3) is 0 Å². The van der Waals surface area contributed by atoms with Gasteiger partial charge in [-0.15, -0.1) is 22.7 Å². The van der Waals surface area contributed by atoms with Crippen LogP contribution in [-0.4, -0.2) is 19.9 Å². The van der Waals surface area contributed by atoms with Crippen molar-refractivity contribution in [3.05, 3.63) is 158 Å². The fourth-order valence-electron chi connectivity index (χ4n) is 7.28. The highest BCUT2D eigenvalue weighted by Gasteiger charge is 2.20. The molecule has 248 valence electrons. The lowest BCUT2D eigenvalue weighted by Gasteiger charge is -2.09. The Balaban J connectivity index is 1.09. The minimum atomic E-state index is 0.598. The molecule has 0 unspecified atom stereocenters. The van der Waals surface area contributed by atoms with E-state index in [-0.39, 0.29) is 0 Å². The van der Waals surface area contributed by atoms with Crippen LogP contribution in [0.15, 0.2) is 162 Å². The summed E-state index contributed by atoms with van der Waals surface area (Å²) >= 11 is 3.51. The van der Waals surface area contributed by atoms with Gasteiger partial charge in [0.15, 0.2) is 17.5 Å². The minimum absolute atomic E-state index is 0.598. The van der Waals surface area contributed by atoms with Crippen molar-refractivity contribution < 1.29 is 4.42 Å². The average molecular weight is 715 g/mol. The van der Waals surface area contributed by atoms with E-state index in [4.69, 9.17) is 24.4 Å². The fraction of sp³-hybridized carbons (Fsp3) is 0. The van der Waals surface area contributed by atoms with E-state index in [9.17, 15) is 0 Å². The van der Waals surface area contributed by atoms with Gasteiger partial charge < -0.3 is 4.42 Å². The normalized spacial score (nSPS) is 11.8. The molecule has 5 nitrogen and oxygen atoms in total. The summed E-state index contributed by atoms with van der Waals surface area (Å²) in [6.45, 7) is 0. The number of hydrogen-bond acceptors (Lipinski definition) is 7. The van der Waals surface area contributed by atoms with E-state index < -0.39 is 0 Å². The van der Waals surface area contributed by atoms with Gasteiger partial charge in [0.05, 0.1) is 10.2 Å². The molecule has 11 aromatic rings. The maximum atomic E-state index is 6.72. The molecule has 53 heavy (non-hydrogen) atoms. The van der Waals surface area contributed by atoms with Crippen molar-refractivity contribution >= 4 is 75.0 Å². The molecule has 0 atom stereocenters. The largest absolute Gasteiger partial charge is 0.455 e. The molecule has 0 bridgehead atoms. The van der Waals surface area contributed by atoms with Crippen LogP contribution in [0, 0.1) is 0 Å². The maximum absolute atomic E-state index is 6.72. The Hall–Kier alpha value is -6.54. The number of furan rings is 1. The van der Waals surface area contributed by atoms with Crippen molar-refractivity contribution in [1.82, 2.24) is 19.9 Å².